The molecular weight excluding hydrogens is 596 g/mol. The highest BCUT2D eigenvalue weighted by molar-refractivity contribution is 5.77. The largest absolute Gasteiger partial charge is 0.508 e. The lowest BCUT2D eigenvalue weighted by molar-refractivity contribution is -0.144. The van der Waals surface area contributed by atoms with E-state index in [9.17, 15) is 9.90 Å². The van der Waals surface area contributed by atoms with E-state index in [-0.39, 0.29) is 17.6 Å². The van der Waals surface area contributed by atoms with E-state index in [0.29, 0.717) is 48.3 Å². The Balaban J connectivity index is 1.12. The van der Waals surface area contributed by atoms with Gasteiger partial charge in [-0.15, -0.1) is 6.58 Å². The Morgan fingerprint density at radius 3 is 2.67 bits per heavy atom. The molecule has 3 aliphatic carbocycles. The Kier molecular flexibility index (Phi) is 10.4. The van der Waals surface area contributed by atoms with Crippen LogP contribution in [0, 0.1) is 11.8 Å². The van der Waals surface area contributed by atoms with Crippen LogP contribution in [0.25, 0.3) is 0 Å². The minimum absolute atomic E-state index is 0.0446. The van der Waals surface area contributed by atoms with Crippen molar-refractivity contribution in [2.24, 2.45) is 11.8 Å². The van der Waals surface area contributed by atoms with Gasteiger partial charge in [-0.05, 0) is 88.7 Å². The average Bonchev–Trinajstić information content (AvgIpc) is 3.45. The summed E-state index contributed by atoms with van der Waals surface area (Å²) in [6.07, 6.45) is 19.6. The Morgan fingerprint density at radius 1 is 1.08 bits per heavy atom. The number of aromatic hydroxyl groups is 1. The van der Waals surface area contributed by atoms with E-state index in [2.05, 4.69) is 46.7 Å². The molecule has 7 rings (SSSR count). The van der Waals surface area contributed by atoms with E-state index in [1.54, 1.807) is 6.07 Å². The molecule has 6 heteroatoms. The number of benzene rings is 2. The van der Waals surface area contributed by atoms with E-state index < -0.39 is 0 Å². The van der Waals surface area contributed by atoms with Gasteiger partial charge in [-0.3, -0.25) is 9.69 Å². The van der Waals surface area contributed by atoms with Crippen molar-refractivity contribution in [3.8, 4) is 17.2 Å². The number of amides is 1. The molecule has 6 nitrogen and oxygen atoms in total. The summed E-state index contributed by atoms with van der Waals surface area (Å²) < 4.78 is 13.3. The summed E-state index contributed by atoms with van der Waals surface area (Å²) in [6.45, 7) is 9.30. The van der Waals surface area contributed by atoms with E-state index in [1.165, 1.54) is 62.5 Å². The van der Waals surface area contributed by atoms with Gasteiger partial charge in [-0.2, -0.15) is 0 Å². The number of unbranched alkanes of at least 4 members (excludes halogenated alkanes) is 4. The smallest absolute Gasteiger partial charge is 0.222 e. The number of nitrogens with zero attached hydrogens (tertiary/aromatic N) is 2. The number of ether oxygens (including phenoxy) is 2. The monoisotopic (exact) mass is 654 g/mol. The topological polar surface area (TPSA) is 62.2 Å². The fraction of sp³-hybridized carbons (Fsp3) is 0.643. The third kappa shape index (κ3) is 6.27. The van der Waals surface area contributed by atoms with Crippen LogP contribution in [-0.4, -0.2) is 65.2 Å². The summed E-state index contributed by atoms with van der Waals surface area (Å²) >= 11 is 0. The number of hydrogen-bond donors (Lipinski definition) is 1. The zero-order valence-corrected chi connectivity index (χ0v) is 29.3. The summed E-state index contributed by atoms with van der Waals surface area (Å²) in [5, 5.41) is 11.4. The Bertz CT molecular complexity index is 1420. The van der Waals surface area contributed by atoms with Crippen LogP contribution in [0.15, 0.2) is 49.1 Å². The molecule has 2 aromatic rings. The maximum atomic E-state index is 14.4. The molecule has 2 bridgehead atoms. The molecule has 5 atom stereocenters. The van der Waals surface area contributed by atoms with Gasteiger partial charge in [-0.25, -0.2) is 0 Å². The first-order valence-corrected chi connectivity index (χ1v) is 19.4. The fourth-order valence-corrected chi connectivity index (χ4v) is 10.6. The molecule has 2 saturated carbocycles. The summed E-state index contributed by atoms with van der Waals surface area (Å²) in [7, 11) is 0. The molecule has 48 heavy (non-hydrogen) atoms. The number of piperidine rings is 1. The lowest BCUT2D eigenvalue weighted by Gasteiger charge is -2.60. The van der Waals surface area contributed by atoms with Crippen LogP contribution in [0.4, 0.5) is 0 Å². The summed E-state index contributed by atoms with van der Waals surface area (Å²) in [5.41, 5.74) is 3.47. The lowest BCUT2D eigenvalue weighted by atomic mass is 9.50. The fourth-order valence-electron chi connectivity index (χ4n) is 10.6. The lowest BCUT2D eigenvalue weighted by Crippen LogP contribution is -2.69. The van der Waals surface area contributed by atoms with E-state index in [0.717, 1.165) is 75.9 Å². The molecule has 1 amide bonds. The highest BCUT2D eigenvalue weighted by Crippen LogP contribution is 2.65. The van der Waals surface area contributed by atoms with Crippen molar-refractivity contribution < 1.29 is 19.4 Å². The predicted octanol–water partition coefficient (Wildman–Crippen LogP) is 8.38. The first kappa shape index (κ1) is 33.5. The Labute approximate surface area is 288 Å². The van der Waals surface area contributed by atoms with Crippen molar-refractivity contribution in [2.45, 2.75) is 133 Å². The van der Waals surface area contributed by atoms with Gasteiger partial charge in [-0.1, -0.05) is 74.9 Å². The number of phenols is 1. The van der Waals surface area contributed by atoms with Gasteiger partial charge in [0, 0.05) is 48.2 Å². The third-order valence-corrected chi connectivity index (χ3v) is 12.8. The first-order chi connectivity index (χ1) is 23.5. The van der Waals surface area contributed by atoms with Crippen molar-refractivity contribution in [2.75, 3.05) is 26.2 Å². The van der Waals surface area contributed by atoms with Crippen molar-refractivity contribution >= 4 is 5.91 Å². The standard InChI is InChI=1S/C42H58N2O4/c1-3-25-43-26-24-42-33-22-23-34(41(42)48-40-37(47-4-2)28-36(45)32(39(40)42)27-35(33)43)44(29-31-19-13-9-14-20-31)38(46)21-15-7-5-6-10-16-30-17-11-8-12-18-30/h3,8,11-12,17-18,28,31,33-35,41,45H,1,4-7,9-10,13-16,19-27,29H2,2H3/t33-,34-,35+,41-,42-/m0/s1. The van der Waals surface area contributed by atoms with Gasteiger partial charge >= 0.3 is 0 Å². The van der Waals surface area contributed by atoms with Gasteiger partial charge in [0.1, 0.15) is 11.9 Å². The number of aryl methyl sites for hydroxylation is 1. The minimum Gasteiger partial charge on any atom is -0.508 e. The van der Waals surface area contributed by atoms with Crippen LogP contribution in [0.1, 0.15) is 114 Å². The summed E-state index contributed by atoms with van der Waals surface area (Å²) in [6, 6.07) is 13.0. The van der Waals surface area contributed by atoms with Gasteiger partial charge in [0.05, 0.1) is 12.6 Å². The second-order valence-electron chi connectivity index (χ2n) is 15.4. The number of likely N-dealkylation sites (tertiary alicyclic amines) is 1. The van der Waals surface area contributed by atoms with Crippen molar-refractivity contribution in [1.82, 2.24) is 9.80 Å². The normalized spacial score (nSPS) is 27.6. The minimum atomic E-state index is -0.206. The number of hydrogen-bond acceptors (Lipinski definition) is 5. The number of rotatable bonds is 15. The number of carbonyl (C=O) groups is 1. The maximum Gasteiger partial charge on any atom is 0.222 e. The molecule has 1 spiro atoms. The van der Waals surface area contributed by atoms with Crippen LogP contribution in [0.2, 0.25) is 0 Å². The molecule has 2 aliphatic heterocycles. The SMILES string of the molecule is C=CCN1CC[C@]23c4c5c(O)cc(OCC)c4O[C@H]2[C@@H](N(CC2CCCCC2)C(=O)CCCCCCCc2ccccc2)CC[C@H]3[C@H]1C5. The molecule has 5 aliphatic rings. The van der Waals surface area contributed by atoms with Crippen molar-refractivity contribution in [1.29, 1.82) is 0 Å². The van der Waals surface area contributed by atoms with Gasteiger partial charge < -0.3 is 19.5 Å². The Hall–Kier alpha value is -2.99. The summed E-state index contributed by atoms with van der Waals surface area (Å²) in [5.74, 6) is 3.19. The zero-order valence-electron chi connectivity index (χ0n) is 29.3. The molecule has 2 heterocycles. The molecule has 0 aromatic heterocycles. The quantitative estimate of drug-likeness (QED) is 0.154. The zero-order chi connectivity index (χ0) is 33.1. The van der Waals surface area contributed by atoms with Crippen molar-refractivity contribution in [3.63, 3.8) is 0 Å². The van der Waals surface area contributed by atoms with Gasteiger partial charge in [0.15, 0.2) is 11.5 Å². The number of phenolic OH excluding ortho intramolecular Hbond substituents is 1. The molecule has 0 radical (unpaired) electrons. The molecule has 3 fully saturated rings. The van der Waals surface area contributed by atoms with Crippen LogP contribution in [-0.2, 0) is 23.1 Å². The van der Waals surface area contributed by atoms with Crippen LogP contribution in [0.5, 0.6) is 17.2 Å². The molecule has 2 aromatic carbocycles. The highest BCUT2D eigenvalue weighted by atomic mass is 16.5. The molecule has 1 N–H and O–H groups in total. The second kappa shape index (κ2) is 14.9. The van der Waals surface area contributed by atoms with Crippen LogP contribution in [0.3, 0.4) is 0 Å². The molecule has 260 valence electrons. The van der Waals surface area contributed by atoms with E-state index >= 15 is 0 Å². The molecule has 0 unspecified atom stereocenters. The van der Waals surface area contributed by atoms with Crippen LogP contribution < -0.4 is 9.47 Å². The third-order valence-electron chi connectivity index (χ3n) is 12.8. The Morgan fingerprint density at radius 2 is 1.88 bits per heavy atom. The summed E-state index contributed by atoms with van der Waals surface area (Å²) in [4.78, 5) is 19.3. The average molecular weight is 655 g/mol. The second-order valence-corrected chi connectivity index (χ2v) is 15.4. The van der Waals surface area contributed by atoms with Crippen LogP contribution >= 0.6 is 0 Å². The first-order valence-electron chi connectivity index (χ1n) is 19.4. The highest BCUT2D eigenvalue weighted by Gasteiger charge is 2.67. The molecular formula is C42H58N2O4. The molecule has 1 saturated heterocycles. The van der Waals surface area contributed by atoms with E-state index in [4.69, 9.17) is 9.47 Å². The maximum absolute atomic E-state index is 14.4. The van der Waals surface area contributed by atoms with Gasteiger partial charge in [0.25, 0.3) is 0 Å². The van der Waals surface area contributed by atoms with Crippen molar-refractivity contribution in [3.05, 3.63) is 65.7 Å². The number of carbonyl (C=O) groups excluding carboxylic acids is 1. The van der Waals surface area contributed by atoms with E-state index in [1.807, 2.05) is 13.0 Å². The van der Waals surface area contributed by atoms with Gasteiger partial charge in [0.2, 0.25) is 5.91 Å². The predicted molar refractivity (Wildman–Crippen MR) is 192 cm³/mol.